The number of amides is 1. The summed E-state index contributed by atoms with van der Waals surface area (Å²) in [6, 6.07) is -1.19. The second kappa shape index (κ2) is 14.3. The first-order valence-corrected chi connectivity index (χ1v) is 13.4. The van der Waals surface area contributed by atoms with Gasteiger partial charge in [-0.15, -0.1) is 6.58 Å². The van der Waals surface area contributed by atoms with Crippen LogP contribution in [0.5, 0.6) is 0 Å². The van der Waals surface area contributed by atoms with Gasteiger partial charge in [-0.25, -0.2) is 0 Å². The van der Waals surface area contributed by atoms with Crippen molar-refractivity contribution >= 4 is 17.8 Å². The first-order chi connectivity index (χ1) is 18.9. The number of carbonyl (C=O) groups excluding carboxylic acids is 3. The third kappa shape index (κ3) is 9.16. The molecule has 0 aromatic rings. The highest BCUT2D eigenvalue weighted by atomic mass is 16.7. The Kier molecular flexibility index (Phi) is 12.2. The van der Waals surface area contributed by atoms with Gasteiger partial charge in [0.25, 0.3) is 0 Å². The second-order valence-corrected chi connectivity index (χ2v) is 12.2. The molecule has 2 heterocycles. The highest BCUT2D eigenvalue weighted by Gasteiger charge is 2.54. The molecule has 0 bridgehead atoms. The van der Waals surface area contributed by atoms with Crippen LogP contribution in [0.15, 0.2) is 12.7 Å². The van der Waals surface area contributed by atoms with Crippen LogP contribution in [-0.4, -0.2) is 119 Å². The molecule has 0 saturated carbocycles. The Morgan fingerprint density at radius 3 is 1.98 bits per heavy atom. The lowest BCUT2D eigenvalue weighted by Gasteiger charge is -2.48. The van der Waals surface area contributed by atoms with Crippen LogP contribution in [0.25, 0.3) is 0 Å². The zero-order chi connectivity index (χ0) is 31.3. The van der Waals surface area contributed by atoms with Crippen molar-refractivity contribution < 1.29 is 63.2 Å². The standard InChI is InChI=1S/C27H45NO13/c1-9-10-36-22-16(28-13(2)30)21(40-23-19(33)18(32)17(31)14(11-29)38-23)20(41-25(35)27(6,7)8)15(39-22)12-37-24(34)26(3,4)5/h9,14-23,29,31-33H,1,10-12H2,2-8H3,(H,28,30)/t14-,15-,16-,17+,18+,19-,20+,21-,22-,23+/m1/s1. The summed E-state index contributed by atoms with van der Waals surface area (Å²) < 4.78 is 34.7. The Hall–Kier alpha value is -2.17. The molecule has 0 radical (unpaired) electrons. The van der Waals surface area contributed by atoms with Crippen molar-refractivity contribution in [2.75, 3.05) is 19.8 Å². The molecule has 0 unspecified atom stereocenters. The molecule has 2 aliphatic rings. The lowest BCUT2D eigenvalue weighted by atomic mass is 9.93. The molecule has 41 heavy (non-hydrogen) atoms. The van der Waals surface area contributed by atoms with Crippen molar-refractivity contribution in [3.05, 3.63) is 12.7 Å². The maximum absolute atomic E-state index is 13.1. The zero-order valence-electron chi connectivity index (χ0n) is 24.6. The molecule has 0 aromatic heterocycles. The van der Waals surface area contributed by atoms with E-state index in [1.54, 1.807) is 41.5 Å². The van der Waals surface area contributed by atoms with E-state index in [-0.39, 0.29) is 6.61 Å². The van der Waals surface area contributed by atoms with Crippen LogP contribution >= 0.6 is 0 Å². The van der Waals surface area contributed by atoms with E-state index in [4.69, 9.17) is 28.4 Å². The molecule has 14 heteroatoms. The van der Waals surface area contributed by atoms with Crippen molar-refractivity contribution in [2.24, 2.45) is 10.8 Å². The maximum atomic E-state index is 13.1. The van der Waals surface area contributed by atoms with Gasteiger partial charge in [0, 0.05) is 6.92 Å². The Bertz CT molecular complexity index is 912. The van der Waals surface area contributed by atoms with Gasteiger partial charge in [-0.2, -0.15) is 0 Å². The number of rotatable bonds is 10. The third-order valence-corrected chi connectivity index (χ3v) is 6.38. The summed E-state index contributed by atoms with van der Waals surface area (Å²) in [5.41, 5.74) is -1.87. The van der Waals surface area contributed by atoms with Crippen molar-refractivity contribution in [3.63, 3.8) is 0 Å². The van der Waals surface area contributed by atoms with Crippen molar-refractivity contribution in [2.45, 2.75) is 110 Å². The van der Waals surface area contributed by atoms with Gasteiger partial charge in [0.2, 0.25) is 5.91 Å². The molecular formula is C27H45NO13. The SMILES string of the molecule is C=CCO[C@@H]1O[C@H](COC(=O)C(C)(C)C)[C@H](OC(=O)C(C)(C)C)[C@H](O[C@@H]2O[C@H](CO)[C@H](O)[C@H](O)[C@H]2O)[C@H]1NC(C)=O. The fraction of sp³-hybridized carbons (Fsp3) is 0.815. The maximum Gasteiger partial charge on any atom is 0.311 e. The monoisotopic (exact) mass is 591 g/mol. The molecule has 0 spiro atoms. The summed E-state index contributed by atoms with van der Waals surface area (Å²) in [5, 5.41) is 43.5. The number of aliphatic hydroxyl groups excluding tert-OH is 4. The topological polar surface area (TPSA) is 200 Å². The van der Waals surface area contributed by atoms with Crippen LogP contribution in [0.3, 0.4) is 0 Å². The number of ether oxygens (including phenoxy) is 6. The molecule has 2 aliphatic heterocycles. The summed E-state index contributed by atoms with van der Waals surface area (Å²) in [6.45, 7) is 13.5. The van der Waals surface area contributed by atoms with E-state index < -0.39 is 103 Å². The van der Waals surface area contributed by atoms with Gasteiger partial charge in [0.1, 0.15) is 49.3 Å². The predicted molar refractivity (Wildman–Crippen MR) is 141 cm³/mol. The molecule has 0 aliphatic carbocycles. The Balaban J connectivity index is 2.58. The fourth-order valence-electron chi connectivity index (χ4n) is 4.04. The van der Waals surface area contributed by atoms with Gasteiger partial charge < -0.3 is 54.2 Å². The molecule has 5 N–H and O–H groups in total. The molecule has 2 rings (SSSR count). The van der Waals surface area contributed by atoms with Crippen LogP contribution in [0.2, 0.25) is 0 Å². The Morgan fingerprint density at radius 2 is 1.46 bits per heavy atom. The molecule has 14 nitrogen and oxygen atoms in total. The number of aliphatic hydroxyl groups is 4. The van der Waals surface area contributed by atoms with Crippen LogP contribution < -0.4 is 5.32 Å². The third-order valence-electron chi connectivity index (χ3n) is 6.38. The predicted octanol–water partition coefficient (Wildman–Crippen LogP) is -0.849. The smallest absolute Gasteiger partial charge is 0.311 e. The highest BCUT2D eigenvalue weighted by molar-refractivity contribution is 5.76. The highest BCUT2D eigenvalue weighted by Crippen LogP contribution is 2.33. The average Bonchev–Trinajstić information content (AvgIpc) is 2.87. The van der Waals surface area contributed by atoms with Crippen molar-refractivity contribution in [3.8, 4) is 0 Å². The molecule has 2 saturated heterocycles. The first-order valence-electron chi connectivity index (χ1n) is 13.4. The van der Waals surface area contributed by atoms with E-state index in [9.17, 15) is 34.8 Å². The number of nitrogens with one attached hydrogen (secondary N) is 1. The van der Waals surface area contributed by atoms with E-state index >= 15 is 0 Å². The van der Waals surface area contributed by atoms with Crippen LogP contribution in [-0.2, 0) is 42.8 Å². The summed E-state index contributed by atoms with van der Waals surface area (Å²) in [5.74, 6) is -1.79. The van der Waals surface area contributed by atoms with Crippen LogP contribution in [0, 0.1) is 10.8 Å². The minimum atomic E-state index is -1.81. The first kappa shape index (κ1) is 35.0. The van der Waals surface area contributed by atoms with Crippen molar-refractivity contribution in [1.82, 2.24) is 5.32 Å². The zero-order valence-corrected chi connectivity index (χ0v) is 24.6. The molecule has 2 fully saturated rings. The normalized spacial score (nSPS) is 34.4. The molecule has 10 atom stereocenters. The number of hydrogen-bond donors (Lipinski definition) is 5. The molecule has 1 amide bonds. The minimum Gasteiger partial charge on any atom is -0.462 e. The summed E-state index contributed by atoms with van der Waals surface area (Å²) in [4.78, 5) is 37.9. The van der Waals surface area contributed by atoms with E-state index in [1.165, 1.54) is 13.0 Å². The second-order valence-electron chi connectivity index (χ2n) is 12.2. The Labute approximate surface area is 239 Å². The fourth-order valence-corrected chi connectivity index (χ4v) is 4.04. The van der Waals surface area contributed by atoms with Crippen LogP contribution in [0.1, 0.15) is 48.5 Å². The van der Waals surface area contributed by atoms with Crippen molar-refractivity contribution in [1.29, 1.82) is 0 Å². The number of esters is 2. The summed E-state index contributed by atoms with van der Waals surface area (Å²) >= 11 is 0. The quantitative estimate of drug-likeness (QED) is 0.156. The molecule has 236 valence electrons. The lowest BCUT2D eigenvalue weighted by molar-refractivity contribution is -0.345. The molecule has 0 aromatic carbocycles. The van der Waals surface area contributed by atoms with Gasteiger partial charge in [-0.1, -0.05) is 6.08 Å². The van der Waals surface area contributed by atoms with Gasteiger partial charge in [0.15, 0.2) is 18.7 Å². The summed E-state index contributed by atoms with van der Waals surface area (Å²) in [7, 11) is 0. The van der Waals surface area contributed by atoms with E-state index in [1.807, 2.05) is 0 Å². The molecular weight excluding hydrogens is 546 g/mol. The van der Waals surface area contributed by atoms with Gasteiger partial charge in [0.05, 0.1) is 24.0 Å². The lowest BCUT2D eigenvalue weighted by Crippen LogP contribution is -2.69. The number of carbonyl (C=O) groups is 3. The minimum absolute atomic E-state index is 0.0333. The van der Waals surface area contributed by atoms with Gasteiger partial charge in [-0.3, -0.25) is 14.4 Å². The Morgan fingerprint density at radius 1 is 0.878 bits per heavy atom. The van der Waals surface area contributed by atoms with E-state index in [0.717, 1.165) is 0 Å². The number of hydrogen-bond acceptors (Lipinski definition) is 13. The summed E-state index contributed by atoms with van der Waals surface area (Å²) in [6.07, 6.45) is -12.0. The van der Waals surface area contributed by atoms with Gasteiger partial charge >= 0.3 is 11.9 Å². The van der Waals surface area contributed by atoms with Gasteiger partial charge in [-0.05, 0) is 41.5 Å². The average molecular weight is 592 g/mol. The largest absolute Gasteiger partial charge is 0.462 e. The van der Waals surface area contributed by atoms with Crippen LogP contribution in [0.4, 0.5) is 0 Å². The van der Waals surface area contributed by atoms with E-state index in [0.29, 0.717) is 0 Å². The van der Waals surface area contributed by atoms with E-state index in [2.05, 4.69) is 11.9 Å².